The average Bonchev–Trinajstić information content (AvgIpc) is 3.37. The molecule has 150 valence electrons. The lowest BCUT2D eigenvalue weighted by molar-refractivity contribution is -0.384. The maximum absolute atomic E-state index is 12.7. The van der Waals surface area contributed by atoms with Gasteiger partial charge in [-0.1, -0.05) is 11.3 Å². The molecular formula is C18H16N4O5S2. The normalized spacial score (nSPS) is 14.9. The molecule has 0 radical (unpaired) electrons. The minimum absolute atomic E-state index is 0.103. The van der Waals surface area contributed by atoms with E-state index < -0.39 is 20.9 Å². The van der Waals surface area contributed by atoms with Crippen molar-refractivity contribution in [2.24, 2.45) is 0 Å². The molecule has 0 saturated carbocycles. The molecule has 0 aliphatic carbocycles. The van der Waals surface area contributed by atoms with Crippen molar-refractivity contribution in [2.45, 2.75) is 17.7 Å². The minimum atomic E-state index is -3.53. The van der Waals surface area contributed by atoms with E-state index in [0.717, 1.165) is 12.8 Å². The van der Waals surface area contributed by atoms with Crippen LogP contribution in [0.25, 0.3) is 10.2 Å². The van der Waals surface area contributed by atoms with Crippen LogP contribution in [-0.4, -0.2) is 41.6 Å². The second-order valence-corrected chi connectivity index (χ2v) is 9.49. The zero-order valence-electron chi connectivity index (χ0n) is 15.1. The summed E-state index contributed by atoms with van der Waals surface area (Å²) >= 11 is 1.17. The summed E-state index contributed by atoms with van der Waals surface area (Å²) in [5.41, 5.74) is 0.731. The number of nitro benzene ring substituents is 1. The number of thiazole rings is 1. The van der Waals surface area contributed by atoms with Gasteiger partial charge in [0, 0.05) is 30.8 Å². The number of amides is 1. The molecule has 2 heterocycles. The van der Waals surface area contributed by atoms with E-state index in [1.807, 2.05) is 0 Å². The van der Waals surface area contributed by atoms with E-state index in [-0.39, 0.29) is 16.1 Å². The Morgan fingerprint density at radius 2 is 1.83 bits per heavy atom. The molecule has 9 nitrogen and oxygen atoms in total. The molecule has 11 heteroatoms. The third kappa shape index (κ3) is 3.84. The second-order valence-electron chi connectivity index (χ2n) is 6.52. The van der Waals surface area contributed by atoms with Crippen LogP contribution in [0.3, 0.4) is 0 Å². The number of non-ortho nitro benzene ring substituents is 1. The van der Waals surface area contributed by atoms with E-state index in [2.05, 4.69) is 10.3 Å². The fourth-order valence-electron chi connectivity index (χ4n) is 3.10. The first-order valence-electron chi connectivity index (χ1n) is 8.81. The van der Waals surface area contributed by atoms with Crippen molar-refractivity contribution in [1.82, 2.24) is 9.29 Å². The van der Waals surface area contributed by atoms with E-state index >= 15 is 0 Å². The van der Waals surface area contributed by atoms with Crippen LogP contribution in [0.4, 0.5) is 10.8 Å². The SMILES string of the molecule is O=C(Nc1nc2ccc(S(=O)(=O)N3CCCC3)cc2s1)c1ccc([N+](=O)[O-])cc1. The molecule has 2 aromatic carbocycles. The van der Waals surface area contributed by atoms with Crippen molar-refractivity contribution in [3.63, 3.8) is 0 Å². The Kier molecular flexibility index (Phi) is 5.03. The van der Waals surface area contributed by atoms with Crippen molar-refractivity contribution in [3.8, 4) is 0 Å². The quantitative estimate of drug-likeness (QED) is 0.488. The molecule has 1 N–H and O–H groups in total. The Morgan fingerprint density at radius 3 is 2.48 bits per heavy atom. The second kappa shape index (κ2) is 7.50. The van der Waals surface area contributed by atoms with Gasteiger partial charge in [0.25, 0.3) is 11.6 Å². The van der Waals surface area contributed by atoms with E-state index in [9.17, 15) is 23.3 Å². The van der Waals surface area contributed by atoms with Gasteiger partial charge in [0.2, 0.25) is 10.0 Å². The molecule has 4 rings (SSSR count). The van der Waals surface area contributed by atoms with Crippen LogP contribution in [-0.2, 0) is 10.0 Å². The molecule has 3 aromatic rings. The van der Waals surface area contributed by atoms with Crippen molar-refractivity contribution in [3.05, 3.63) is 58.1 Å². The zero-order valence-corrected chi connectivity index (χ0v) is 16.7. The van der Waals surface area contributed by atoms with E-state index in [0.29, 0.717) is 28.4 Å². The summed E-state index contributed by atoms with van der Waals surface area (Å²) in [5, 5.41) is 13.7. The van der Waals surface area contributed by atoms with Crippen molar-refractivity contribution in [1.29, 1.82) is 0 Å². The van der Waals surface area contributed by atoms with Gasteiger partial charge in [-0.05, 0) is 43.2 Å². The van der Waals surface area contributed by atoms with Gasteiger partial charge in [-0.3, -0.25) is 20.2 Å². The lowest BCUT2D eigenvalue weighted by Gasteiger charge is -2.15. The molecule has 0 spiro atoms. The van der Waals surface area contributed by atoms with Gasteiger partial charge in [0.15, 0.2) is 5.13 Å². The molecule has 0 bridgehead atoms. The maximum Gasteiger partial charge on any atom is 0.269 e. The number of carbonyl (C=O) groups excluding carboxylic acids is 1. The van der Waals surface area contributed by atoms with Crippen LogP contribution >= 0.6 is 11.3 Å². The summed E-state index contributed by atoms with van der Waals surface area (Å²) in [4.78, 5) is 27.0. The van der Waals surface area contributed by atoms with E-state index in [1.165, 1.54) is 46.0 Å². The first-order chi connectivity index (χ1) is 13.8. The molecule has 1 aliphatic heterocycles. The molecule has 1 saturated heterocycles. The van der Waals surface area contributed by atoms with Crippen LogP contribution in [0.15, 0.2) is 47.4 Å². The number of aromatic nitrogens is 1. The fourth-order valence-corrected chi connectivity index (χ4v) is 5.62. The molecule has 0 atom stereocenters. The molecule has 1 aromatic heterocycles. The number of hydrogen-bond acceptors (Lipinski definition) is 7. The number of sulfonamides is 1. The third-order valence-electron chi connectivity index (χ3n) is 4.62. The number of hydrogen-bond donors (Lipinski definition) is 1. The Balaban J connectivity index is 1.56. The van der Waals surface area contributed by atoms with Crippen LogP contribution in [0.5, 0.6) is 0 Å². The lowest BCUT2D eigenvalue weighted by Crippen LogP contribution is -2.27. The molecule has 1 amide bonds. The van der Waals surface area contributed by atoms with Gasteiger partial charge in [-0.2, -0.15) is 4.31 Å². The van der Waals surface area contributed by atoms with Gasteiger partial charge in [0.05, 0.1) is 20.0 Å². The molecule has 0 unspecified atom stereocenters. The summed E-state index contributed by atoms with van der Waals surface area (Å²) < 4.78 is 27.6. The minimum Gasteiger partial charge on any atom is -0.298 e. The lowest BCUT2D eigenvalue weighted by atomic mass is 10.2. The molecule has 1 aliphatic rings. The monoisotopic (exact) mass is 432 g/mol. The summed E-state index contributed by atoms with van der Waals surface area (Å²) in [6.45, 7) is 1.05. The van der Waals surface area contributed by atoms with E-state index in [1.54, 1.807) is 12.1 Å². The molecular weight excluding hydrogens is 416 g/mol. The Morgan fingerprint density at radius 1 is 1.14 bits per heavy atom. The van der Waals surface area contributed by atoms with Gasteiger partial charge < -0.3 is 0 Å². The predicted molar refractivity (Wildman–Crippen MR) is 109 cm³/mol. The number of nitrogens with zero attached hydrogens (tertiary/aromatic N) is 3. The van der Waals surface area contributed by atoms with Crippen LogP contribution in [0.1, 0.15) is 23.2 Å². The number of nitrogens with one attached hydrogen (secondary N) is 1. The standard InChI is InChI=1S/C18H16N4O5S2/c23-17(12-3-5-13(6-4-12)22(24)25)20-18-19-15-8-7-14(11-16(15)28-18)29(26,27)21-9-1-2-10-21/h3-8,11H,1-2,9-10H2,(H,19,20,23). The third-order valence-corrected chi connectivity index (χ3v) is 7.45. The highest BCUT2D eigenvalue weighted by Gasteiger charge is 2.27. The average molecular weight is 432 g/mol. The number of benzene rings is 2. The van der Waals surface area contributed by atoms with Crippen molar-refractivity contribution < 1.29 is 18.1 Å². The maximum atomic E-state index is 12.7. The molecule has 1 fully saturated rings. The van der Waals surface area contributed by atoms with Gasteiger partial charge in [0.1, 0.15) is 0 Å². The Labute approximate surface area is 170 Å². The van der Waals surface area contributed by atoms with E-state index in [4.69, 9.17) is 0 Å². The Hall–Kier alpha value is -2.89. The number of rotatable bonds is 5. The topological polar surface area (TPSA) is 123 Å². The fraction of sp³-hybridized carbons (Fsp3) is 0.222. The number of fused-ring (bicyclic) bond motifs is 1. The highest BCUT2D eigenvalue weighted by molar-refractivity contribution is 7.89. The highest BCUT2D eigenvalue weighted by atomic mass is 32.2. The zero-order chi connectivity index (χ0) is 20.6. The Bertz CT molecular complexity index is 1200. The number of nitro groups is 1. The van der Waals surface area contributed by atoms with Gasteiger partial charge in [-0.25, -0.2) is 13.4 Å². The first kappa shape index (κ1) is 19.4. The summed E-state index contributed by atoms with van der Waals surface area (Å²) in [5.74, 6) is -0.455. The first-order valence-corrected chi connectivity index (χ1v) is 11.1. The predicted octanol–water partition coefficient (Wildman–Crippen LogP) is 3.24. The van der Waals surface area contributed by atoms with Crippen molar-refractivity contribution >= 4 is 48.3 Å². The smallest absolute Gasteiger partial charge is 0.269 e. The molecule has 29 heavy (non-hydrogen) atoms. The summed E-state index contributed by atoms with van der Waals surface area (Å²) in [6.07, 6.45) is 1.72. The number of carbonyl (C=O) groups is 1. The summed E-state index contributed by atoms with van der Waals surface area (Å²) in [7, 11) is -3.53. The largest absolute Gasteiger partial charge is 0.298 e. The summed E-state index contributed by atoms with van der Waals surface area (Å²) in [6, 6.07) is 9.95. The van der Waals surface area contributed by atoms with Crippen LogP contribution in [0, 0.1) is 10.1 Å². The number of anilines is 1. The van der Waals surface area contributed by atoms with Crippen LogP contribution in [0.2, 0.25) is 0 Å². The van der Waals surface area contributed by atoms with Gasteiger partial charge >= 0.3 is 0 Å². The van der Waals surface area contributed by atoms with Gasteiger partial charge in [-0.15, -0.1) is 0 Å². The highest BCUT2D eigenvalue weighted by Crippen LogP contribution is 2.30. The van der Waals surface area contributed by atoms with Crippen LogP contribution < -0.4 is 5.32 Å². The van der Waals surface area contributed by atoms with Crippen molar-refractivity contribution in [2.75, 3.05) is 18.4 Å².